The van der Waals surface area contributed by atoms with Crippen LogP contribution in [0.25, 0.3) is 0 Å². The van der Waals surface area contributed by atoms with Crippen molar-refractivity contribution in [3.63, 3.8) is 0 Å². The molecule has 1 aromatic carbocycles. The van der Waals surface area contributed by atoms with Gasteiger partial charge in [0.1, 0.15) is 5.75 Å². The van der Waals surface area contributed by atoms with Gasteiger partial charge in [0.25, 0.3) is 0 Å². The molecule has 2 aromatic rings. The number of nitrogens with one attached hydrogen (secondary N) is 1. The summed E-state index contributed by atoms with van der Waals surface area (Å²) in [5.74, 6) is 1.57. The average molecular weight is 324 g/mol. The van der Waals surface area contributed by atoms with E-state index in [1.165, 1.54) is 5.56 Å². The van der Waals surface area contributed by atoms with E-state index in [0.29, 0.717) is 12.6 Å². The molecule has 0 aliphatic carbocycles. The van der Waals surface area contributed by atoms with Crippen molar-refractivity contribution in [2.24, 2.45) is 7.05 Å². The van der Waals surface area contributed by atoms with Gasteiger partial charge in [-0.15, -0.1) is 5.10 Å². The van der Waals surface area contributed by atoms with Gasteiger partial charge in [0.05, 0.1) is 6.61 Å². The maximum Gasteiger partial charge on any atom is 0.244 e. The monoisotopic (exact) mass is 323 g/mol. The number of nitrogens with zero attached hydrogens (tertiary/aromatic N) is 4. The Morgan fingerprint density at radius 2 is 2.18 bits per heavy atom. The smallest absolute Gasteiger partial charge is 0.244 e. The Kier molecular flexibility index (Phi) is 6.03. The van der Waals surface area contributed by atoms with Gasteiger partial charge in [-0.25, -0.2) is 4.68 Å². The number of benzene rings is 1. The van der Waals surface area contributed by atoms with Gasteiger partial charge in [-0.2, -0.15) is 4.98 Å². The Balaban J connectivity index is 1.71. The van der Waals surface area contributed by atoms with Crippen LogP contribution in [0, 0.1) is 0 Å². The normalized spacial score (nSPS) is 11.0. The standard InChI is InChI=1S/C15H22ClN5O/c1-20(2)11-12-6-4-7-13(10-12)22-9-5-8-17-15-18-14(16)19-21(15)3/h4,6-7,10H,5,8-9,11H2,1-3H3,(H,17,18,19). The largest absolute Gasteiger partial charge is 0.494 e. The van der Waals surface area contributed by atoms with E-state index in [4.69, 9.17) is 16.3 Å². The zero-order chi connectivity index (χ0) is 15.9. The van der Waals surface area contributed by atoms with Crippen LogP contribution in [0.4, 0.5) is 5.95 Å². The van der Waals surface area contributed by atoms with Gasteiger partial charge < -0.3 is 15.0 Å². The molecule has 0 fully saturated rings. The van der Waals surface area contributed by atoms with Crippen molar-refractivity contribution in [3.05, 3.63) is 35.1 Å². The van der Waals surface area contributed by atoms with E-state index in [1.807, 2.05) is 12.1 Å². The Morgan fingerprint density at radius 3 is 2.86 bits per heavy atom. The molecular weight excluding hydrogens is 302 g/mol. The molecule has 0 aliphatic rings. The van der Waals surface area contributed by atoms with Crippen LogP contribution in [-0.4, -0.2) is 46.9 Å². The molecule has 1 N–H and O–H groups in total. The van der Waals surface area contributed by atoms with Crippen molar-refractivity contribution in [1.82, 2.24) is 19.7 Å². The highest BCUT2D eigenvalue weighted by molar-refractivity contribution is 6.28. The molecule has 0 saturated heterocycles. The van der Waals surface area contributed by atoms with Crippen molar-refractivity contribution in [1.29, 1.82) is 0 Å². The Hall–Kier alpha value is -1.79. The van der Waals surface area contributed by atoms with E-state index >= 15 is 0 Å². The van der Waals surface area contributed by atoms with Gasteiger partial charge in [-0.1, -0.05) is 12.1 Å². The first kappa shape index (κ1) is 16.6. The summed E-state index contributed by atoms with van der Waals surface area (Å²) in [4.78, 5) is 6.20. The third kappa shape index (κ3) is 5.20. The molecule has 1 heterocycles. The van der Waals surface area contributed by atoms with Crippen LogP contribution in [0.5, 0.6) is 5.75 Å². The molecule has 6 nitrogen and oxygen atoms in total. The van der Waals surface area contributed by atoms with Crippen LogP contribution >= 0.6 is 11.6 Å². The lowest BCUT2D eigenvalue weighted by atomic mass is 10.2. The van der Waals surface area contributed by atoms with Crippen molar-refractivity contribution in [3.8, 4) is 5.75 Å². The van der Waals surface area contributed by atoms with E-state index in [1.54, 1.807) is 11.7 Å². The number of ether oxygens (including phenoxy) is 1. The Labute approximate surface area is 136 Å². The van der Waals surface area contributed by atoms with Gasteiger partial charge in [0.15, 0.2) is 0 Å². The van der Waals surface area contributed by atoms with Gasteiger partial charge in [-0.3, -0.25) is 0 Å². The first-order chi connectivity index (χ1) is 10.5. The molecule has 0 atom stereocenters. The van der Waals surface area contributed by atoms with E-state index in [-0.39, 0.29) is 5.28 Å². The van der Waals surface area contributed by atoms with Gasteiger partial charge in [0, 0.05) is 20.1 Å². The summed E-state index contributed by atoms with van der Waals surface area (Å²) in [7, 11) is 5.91. The molecule has 0 bridgehead atoms. The summed E-state index contributed by atoms with van der Waals surface area (Å²) in [5.41, 5.74) is 1.24. The Morgan fingerprint density at radius 1 is 1.36 bits per heavy atom. The molecule has 2 rings (SSSR count). The molecule has 120 valence electrons. The molecule has 22 heavy (non-hydrogen) atoms. The lowest BCUT2D eigenvalue weighted by Gasteiger charge is -2.12. The van der Waals surface area contributed by atoms with Gasteiger partial charge >= 0.3 is 0 Å². The zero-order valence-electron chi connectivity index (χ0n) is 13.2. The summed E-state index contributed by atoms with van der Waals surface area (Å²) in [6.07, 6.45) is 0.863. The number of hydrogen-bond donors (Lipinski definition) is 1. The second-order valence-corrected chi connectivity index (χ2v) is 5.68. The summed E-state index contributed by atoms with van der Waals surface area (Å²) < 4.78 is 7.39. The highest BCUT2D eigenvalue weighted by Gasteiger charge is 2.03. The minimum Gasteiger partial charge on any atom is -0.494 e. The van der Waals surface area contributed by atoms with Gasteiger partial charge in [-0.05, 0) is 49.8 Å². The summed E-state index contributed by atoms with van der Waals surface area (Å²) in [5, 5.41) is 7.39. The zero-order valence-corrected chi connectivity index (χ0v) is 14.0. The van der Waals surface area contributed by atoms with Crippen LogP contribution in [0.15, 0.2) is 24.3 Å². The van der Waals surface area contributed by atoms with Crippen molar-refractivity contribution < 1.29 is 4.74 Å². The second-order valence-electron chi connectivity index (χ2n) is 5.34. The summed E-state index contributed by atoms with van der Waals surface area (Å²) in [6, 6.07) is 8.19. The molecule has 0 radical (unpaired) electrons. The molecule has 0 amide bonds. The molecular formula is C15H22ClN5O. The van der Waals surface area contributed by atoms with Crippen molar-refractivity contribution >= 4 is 17.5 Å². The third-order valence-electron chi connectivity index (χ3n) is 3.01. The molecule has 1 aromatic heterocycles. The van der Waals surface area contributed by atoms with E-state index in [9.17, 15) is 0 Å². The van der Waals surface area contributed by atoms with Crippen LogP contribution in [0.1, 0.15) is 12.0 Å². The molecule has 0 unspecified atom stereocenters. The van der Waals surface area contributed by atoms with E-state index in [0.717, 1.165) is 25.3 Å². The highest BCUT2D eigenvalue weighted by atomic mass is 35.5. The summed E-state index contributed by atoms with van der Waals surface area (Å²) in [6.45, 7) is 2.30. The third-order valence-corrected chi connectivity index (χ3v) is 3.17. The van der Waals surface area contributed by atoms with Crippen molar-refractivity contribution in [2.45, 2.75) is 13.0 Å². The average Bonchev–Trinajstić information content (AvgIpc) is 2.76. The maximum atomic E-state index is 5.77. The molecule has 0 saturated carbocycles. The van der Waals surface area contributed by atoms with Crippen LogP contribution in [-0.2, 0) is 13.6 Å². The number of halogens is 1. The predicted octanol–water partition coefficient (Wildman–Crippen LogP) is 2.41. The highest BCUT2D eigenvalue weighted by Crippen LogP contribution is 2.14. The van der Waals surface area contributed by atoms with Crippen molar-refractivity contribution in [2.75, 3.05) is 32.6 Å². The lowest BCUT2D eigenvalue weighted by molar-refractivity contribution is 0.313. The van der Waals surface area contributed by atoms with Crippen LogP contribution in [0.3, 0.4) is 0 Å². The minimum atomic E-state index is 0.249. The first-order valence-corrected chi connectivity index (χ1v) is 7.59. The van der Waals surface area contributed by atoms with E-state index in [2.05, 4.69) is 46.5 Å². The number of hydrogen-bond acceptors (Lipinski definition) is 5. The van der Waals surface area contributed by atoms with Gasteiger partial charge in [0.2, 0.25) is 11.2 Å². The minimum absolute atomic E-state index is 0.249. The first-order valence-electron chi connectivity index (χ1n) is 7.21. The second kappa shape index (κ2) is 8.00. The number of aromatic nitrogens is 3. The molecule has 0 aliphatic heterocycles. The summed E-state index contributed by atoms with van der Waals surface area (Å²) >= 11 is 5.73. The fraction of sp³-hybridized carbons (Fsp3) is 0.467. The quantitative estimate of drug-likeness (QED) is 0.756. The molecule has 7 heteroatoms. The van der Waals surface area contributed by atoms with Crippen LogP contribution < -0.4 is 10.1 Å². The SMILES string of the molecule is CN(C)Cc1cccc(OCCCNc2nc(Cl)nn2C)c1. The fourth-order valence-corrected chi connectivity index (χ4v) is 2.26. The topological polar surface area (TPSA) is 55.2 Å². The van der Waals surface area contributed by atoms with E-state index < -0.39 is 0 Å². The number of rotatable bonds is 8. The fourth-order valence-electron chi connectivity index (χ4n) is 2.07. The predicted molar refractivity (Wildman–Crippen MR) is 88.4 cm³/mol. The number of anilines is 1. The lowest BCUT2D eigenvalue weighted by Crippen LogP contribution is -2.11. The molecule has 0 spiro atoms. The maximum absolute atomic E-state index is 5.77. The number of aryl methyl sites for hydroxylation is 1. The van der Waals surface area contributed by atoms with Crippen LogP contribution in [0.2, 0.25) is 5.28 Å². The Bertz CT molecular complexity index is 599.